The van der Waals surface area contributed by atoms with E-state index in [-0.39, 0.29) is 6.61 Å². The number of hydrogen-bond donors (Lipinski definition) is 1. The fraction of sp³-hybridized carbons (Fsp3) is 0.500. The number of hydrogen-bond acceptors (Lipinski definition) is 4. The predicted octanol–water partition coefficient (Wildman–Crippen LogP) is 2.75. The van der Waals surface area contributed by atoms with Crippen LogP contribution in [0, 0.1) is 11.3 Å². The lowest BCUT2D eigenvalue weighted by atomic mass is 10.1. The molecule has 0 aromatic heterocycles. The molecule has 1 fully saturated rings. The molecule has 0 bridgehead atoms. The molecule has 96 valence electrons. The molecule has 1 aliphatic heterocycles. The third kappa shape index (κ3) is 3.66. The molecular weight excluding hydrogens is 244 g/mol. The first-order valence-corrected chi connectivity index (χ1v) is 7.38. The van der Waals surface area contributed by atoms with Crippen LogP contribution in [0.1, 0.15) is 24.9 Å². The molecule has 0 aliphatic carbocycles. The topological polar surface area (TPSA) is 45.0 Å². The summed E-state index contributed by atoms with van der Waals surface area (Å²) in [4.78, 5) is 0. The first kappa shape index (κ1) is 13.3. The largest absolute Gasteiger partial charge is 0.479 e. The minimum atomic E-state index is 0.104. The second kappa shape index (κ2) is 6.67. The molecule has 3 nitrogen and oxygen atoms in total. The van der Waals surface area contributed by atoms with Gasteiger partial charge in [0.1, 0.15) is 11.8 Å². The van der Waals surface area contributed by atoms with E-state index in [1.54, 1.807) is 0 Å². The maximum absolute atomic E-state index is 8.44. The van der Waals surface area contributed by atoms with Crippen molar-refractivity contribution in [1.29, 1.82) is 5.26 Å². The third-order valence-corrected chi connectivity index (χ3v) is 4.26. The Morgan fingerprint density at radius 3 is 2.89 bits per heavy atom. The number of nitrogens with one attached hydrogen (secondary N) is 1. The molecule has 0 spiro atoms. The fourth-order valence-corrected chi connectivity index (χ4v) is 3.25. The molecular formula is C14H18N2OS. The standard InChI is InChI=1S/C14H18N2OS/c1-11(16-13-6-9-18-10-13)12-2-4-14(5-3-12)17-8-7-15/h2-5,11,13,16H,6,8-10H2,1H3. The van der Waals surface area contributed by atoms with Gasteiger partial charge in [0.25, 0.3) is 0 Å². The summed E-state index contributed by atoms with van der Waals surface area (Å²) < 4.78 is 5.24. The molecule has 1 aromatic carbocycles. The van der Waals surface area contributed by atoms with E-state index in [4.69, 9.17) is 10.00 Å². The Hall–Kier alpha value is -1.18. The van der Waals surface area contributed by atoms with Crippen LogP contribution in [0.5, 0.6) is 5.75 Å². The summed E-state index contributed by atoms with van der Waals surface area (Å²) in [6, 6.07) is 10.9. The highest BCUT2D eigenvalue weighted by Gasteiger charge is 2.17. The molecule has 0 saturated carbocycles. The highest BCUT2D eigenvalue weighted by atomic mass is 32.2. The number of thioether (sulfide) groups is 1. The van der Waals surface area contributed by atoms with Gasteiger partial charge in [0.15, 0.2) is 6.61 Å². The molecule has 1 N–H and O–H groups in total. The number of rotatable bonds is 5. The smallest absolute Gasteiger partial charge is 0.174 e. The Morgan fingerprint density at radius 1 is 1.50 bits per heavy atom. The summed E-state index contributed by atoms with van der Waals surface area (Å²) in [5.74, 6) is 3.24. The van der Waals surface area contributed by atoms with Crippen molar-refractivity contribution in [2.45, 2.75) is 25.4 Å². The van der Waals surface area contributed by atoms with Gasteiger partial charge >= 0.3 is 0 Å². The lowest BCUT2D eigenvalue weighted by molar-refractivity contribution is 0.368. The van der Waals surface area contributed by atoms with Crippen LogP contribution in [0.3, 0.4) is 0 Å². The highest BCUT2D eigenvalue weighted by molar-refractivity contribution is 7.99. The molecule has 2 rings (SSSR count). The Morgan fingerprint density at radius 2 is 2.28 bits per heavy atom. The average molecular weight is 262 g/mol. The first-order chi connectivity index (χ1) is 8.79. The molecule has 1 saturated heterocycles. The van der Waals surface area contributed by atoms with Gasteiger partial charge in [-0.05, 0) is 36.8 Å². The van der Waals surface area contributed by atoms with Crippen molar-refractivity contribution >= 4 is 11.8 Å². The molecule has 18 heavy (non-hydrogen) atoms. The average Bonchev–Trinajstić information content (AvgIpc) is 2.89. The quantitative estimate of drug-likeness (QED) is 0.886. The molecule has 2 unspecified atom stereocenters. The van der Waals surface area contributed by atoms with Crippen molar-refractivity contribution in [3.63, 3.8) is 0 Å². The number of nitrogens with zero attached hydrogens (tertiary/aromatic N) is 1. The van der Waals surface area contributed by atoms with Gasteiger partial charge in [0.2, 0.25) is 0 Å². The van der Waals surface area contributed by atoms with Crippen LogP contribution in [-0.2, 0) is 0 Å². The van der Waals surface area contributed by atoms with Crippen molar-refractivity contribution in [3.05, 3.63) is 29.8 Å². The fourth-order valence-electron chi connectivity index (χ4n) is 2.08. The van der Waals surface area contributed by atoms with Crippen LogP contribution in [0.4, 0.5) is 0 Å². The van der Waals surface area contributed by atoms with E-state index in [9.17, 15) is 0 Å². The molecule has 0 radical (unpaired) electrons. The van der Waals surface area contributed by atoms with Crippen molar-refractivity contribution < 1.29 is 4.74 Å². The summed E-state index contributed by atoms with van der Waals surface area (Å²) in [5, 5.41) is 12.1. The minimum absolute atomic E-state index is 0.104. The SMILES string of the molecule is CC(NC1CCSC1)c1ccc(OCC#N)cc1. The number of ether oxygens (including phenoxy) is 1. The van der Waals surface area contributed by atoms with Gasteiger partial charge in [0, 0.05) is 17.8 Å². The van der Waals surface area contributed by atoms with Gasteiger partial charge in [-0.25, -0.2) is 0 Å². The van der Waals surface area contributed by atoms with E-state index in [0.717, 1.165) is 5.75 Å². The van der Waals surface area contributed by atoms with Gasteiger partial charge in [0.05, 0.1) is 0 Å². The first-order valence-electron chi connectivity index (χ1n) is 6.23. The zero-order valence-electron chi connectivity index (χ0n) is 10.6. The van der Waals surface area contributed by atoms with Gasteiger partial charge < -0.3 is 10.1 Å². The minimum Gasteiger partial charge on any atom is -0.479 e. The number of nitriles is 1. The van der Waals surface area contributed by atoms with E-state index in [1.165, 1.54) is 23.5 Å². The number of benzene rings is 1. The van der Waals surface area contributed by atoms with Crippen LogP contribution in [0.25, 0.3) is 0 Å². The Balaban J connectivity index is 1.89. The van der Waals surface area contributed by atoms with Crippen LogP contribution in [0.15, 0.2) is 24.3 Å². The lowest BCUT2D eigenvalue weighted by Gasteiger charge is -2.19. The van der Waals surface area contributed by atoms with Gasteiger partial charge in [-0.15, -0.1) is 0 Å². The maximum Gasteiger partial charge on any atom is 0.174 e. The van der Waals surface area contributed by atoms with Crippen LogP contribution >= 0.6 is 11.8 Å². The van der Waals surface area contributed by atoms with E-state index in [0.29, 0.717) is 12.1 Å². The Labute approximate surface area is 113 Å². The van der Waals surface area contributed by atoms with Gasteiger partial charge in [-0.1, -0.05) is 12.1 Å². The predicted molar refractivity (Wildman–Crippen MR) is 74.8 cm³/mol. The molecule has 1 heterocycles. The molecule has 1 aliphatic rings. The van der Waals surface area contributed by atoms with E-state index >= 15 is 0 Å². The summed E-state index contributed by atoms with van der Waals surface area (Å²) in [6.07, 6.45) is 1.26. The van der Waals surface area contributed by atoms with Crippen molar-refractivity contribution in [1.82, 2.24) is 5.32 Å². The van der Waals surface area contributed by atoms with Crippen molar-refractivity contribution in [3.8, 4) is 11.8 Å². The zero-order valence-corrected chi connectivity index (χ0v) is 11.4. The lowest BCUT2D eigenvalue weighted by Crippen LogP contribution is -2.31. The third-order valence-electron chi connectivity index (χ3n) is 3.10. The van der Waals surface area contributed by atoms with Crippen molar-refractivity contribution in [2.24, 2.45) is 0 Å². The summed E-state index contributed by atoms with van der Waals surface area (Å²) >= 11 is 2.02. The van der Waals surface area contributed by atoms with Gasteiger partial charge in [-0.3, -0.25) is 0 Å². The monoisotopic (exact) mass is 262 g/mol. The second-order valence-corrected chi connectivity index (χ2v) is 5.61. The van der Waals surface area contributed by atoms with E-state index in [2.05, 4.69) is 24.4 Å². The summed E-state index contributed by atoms with van der Waals surface area (Å²) in [5.41, 5.74) is 1.26. The Bertz CT molecular complexity index is 407. The van der Waals surface area contributed by atoms with E-state index < -0.39 is 0 Å². The van der Waals surface area contributed by atoms with Crippen LogP contribution in [-0.4, -0.2) is 24.2 Å². The summed E-state index contributed by atoms with van der Waals surface area (Å²) in [7, 11) is 0. The van der Waals surface area contributed by atoms with Crippen molar-refractivity contribution in [2.75, 3.05) is 18.1 Å². The van der Waals surface area contributed by atoms with Crippen LogP contribution < -0.4 is 10.1 Å². The van der Waals surface area contributed by atoms with E-state index in [1.807, 2.05) is 30.0 Å². The Kier molecular flexibility index (Phi) is 4.91. The zero-order chi connectivity index (χ0) is 12.8. The second-order valence-electron chi connectivity index (χ2n) is 4.46. The van der Waals surface area contributed by atoms with Crippen LogP contribution in [0.2, 0.25) is 0 Å². The maximum atomic E-state index is 8.44. The molecule has 0 amide bonds. The highest BCUT2D eigenvalue weighted by Crippen LogP contribution is 2.22. The molecule has 1 aromatic rings. The normalized spacial score (nSPS) is 20.3. The summed E-state index contributed by atoms with van der Waals surface area (Å²) in [6.45, 7) is 2.29. The van der Waals surface area contributed by atoms with Gasteiger partial charge in [-0.2, -0.15) is 17.0 Å². The molecule has 2 atom stereocenters. The molecule has 4 heteroatoms.